The van der Waals surface area contributed by atoms with E-state index in [-0.39, 0.29) is 11.5 Å². The van der Waals surface area contributed by atoms with E-state index in [2.05, 4.69) is 0 Å². The molecular formula is C13H17F2NO. The summed E-state index contributed by atoms with van der Waals surface area (Å²) in [7, 11) is 0. The molecule has 3 N–H and O–H groups in total. The zero-order chi connectivity index (χ0) is 12.4. The second-order valence-corrected chi connectivity index (χ2v) is 4.70. The minimum absolute atomic E-state index is 0.0596. The summed E-state index contributed by atoms with van der Waals surface area (Å²) >= 11 is 0. The second kappa shape index (κ2) is 5.10. The molecule has 1 aromatic carbocycles. The molecule has 2 nitrogen and oxygen atoms in total. The monoisotopic (exact) mass is 241 g/mol. The Morgan fingerprint density at radius 1 is 1.24 bits per heavy atom. The first kappa shape index (κ1) is 12.5. The Bertz CT molecular complexity index is 391. The van der Waals surface area contributed by atoms with Crippen molar-refractivity contribution in [2.24, 2.45) is 11.7 Å². The highest BCUT2D eigenvalue weighted by atomic mass is 19.2. The highest BCUT2D eigenvalue weighted by Gasteiger charge is 2.30. The molecule has 0 saturated heterocycles. The van der Waals surface area contributed by atoms with Crippen LogP contribution in [0.2, 0.25) is 0 Å². The molecule has 1 fully saturated rings. The van der Waals surface area contributed by atoms with Crippen molar-refractivity contribution in [3.63, 3.8) is 0 Å². The standard InChI is InChI=1S/C13H17F2NO/c14-10-7-3-6-9(11(10)15)12(16)13(17)8-4-1-2-5-8/h3,6-8,12-13,17H,1-2,4-5,16H2/t12-,13+/m1/s1. The number of rotatable bonds is 3. The Labute approximate surface area is 99.4 Å². The van der Waals surface area contributed by atoms with Crippen LogP contribution in [-0.4, -0.2) is 11.2 Å². The van der Waals surface area contributed by atoms with Gasteiger partial charge in [-0.1, -0.05) is 25.0 Å². The second-order valence-electron chi connectivity index (χ2n) is 4.70. The van der Waals surface area contributed by atoms with Gasteiger partial charge in [-0.2, -0.15) is 0 Å². The fourth-order valence-corrected chi connectivity index (χ4v) is 2.55. The average molecular weight is 241 g/mol. The van der Waals surface area contributed by atoms with Gasteiger partial charge < -0.3 is 10.8 Å². The van der Waals surface area contributed by atoms with Crippen molar-refractivity contribution in [2.75, 3.05) is 0 Å². The molecule has 4 heteroatoms. The lowest BCUT2D eigenvalue weighted by Crippen LogP contribution is -2.32. The van der Waals surface area contributed by atoms with Gasteiger partial charge in [0.05, 0.1) is 12.1 Å². The van der Waals surface area contributed by atoms with Crippen LogP contribution < -0.4 is 5.73 Å². The quantitative estimate of drug-likeness (QED) is 0.854. The highest BCUT2D eigenvalue weighted by Crippen LogP contribution is 2.33. The average Bonchev–Trinajstić information content (AvgIpc) is 2.84. The summed E-state index contributed by atoms with van der Waals surface area (Å²) in [4.78, 5) is 0. The van der Waals surface area contributed by atoms with E-state index < -0.39 is 23.8 Å². The summed E-state index contributed by atoms with van der Waals surface area (Å²) in [5.41, 5.74) is 5.89. The van der Waals surface area contributed by atoms with Crippen molar-refractivity contribution in [2.45, 2.75) is 37.8 Å². The van der Waals surface area contributed by atoms with Gasteiger partial charge in [0.2, 0.25) is 0 Å². The third kappa shape index (κ3) is 2.48. The Morgan fingerprint density at radius 3 is 2.53 bits per heavy atom. The summed E-state index contributed by atoms with van der Waals surface area (Å²) in [6, 6.07) is 3.04. The normalized spacial score (nSPS) is 20.5. The van der Waals surface area contributed by atoms with Crippen LogP contribution in [0.25, 0.3) is 0 Å². The summed E-state index contributed by atoms with van der Waals surface area (Å²) in [5.74, 6) is -1.76. The van der Waals surface area contributed by atoms with Gasteiger partial charge in [0.25, 0.3) is 0 Å². The van der Waals surface area contributed by atoms with Gasteiger partial charge in [0, 0.05) is 5.56 Å². The van der Waals surface area contributed by atoms with Crippen LogP contribution in [0, 0.1) is 17.6 Å². The minimum atomic E-state index is -0.947. The molecule has 1 saturated carbocycles. The molecule has 1 aliphatic carbocycles. The van der Waals surface area contributed by atoms with Crippen molar-refractivity contribution >= 4 is 0 Å². The van der Waals surface area contributed by atoms with Crippen molar-refractivity contribution in [1.29, 1.82) is 0 Å². The van der Waals surface area contributed by atoms with E-state index in [1.165, 1.54) is 12.1 Å². The molecule has 0 heterocycles. The first-order valence-corrected chi connectivity index (χ1v) is 5.99. The predicted molar refractivity (Wildman–Crippen MR) is 61.3 cm³/mol. The lowest BCUT2D eigenvalue weighted by Gasteiger charge is -2.24. The van der Waals surface area contributed by atoms with Gasteiger partial charge in [-0.15, -0.1) is 0 Å². The Hall–Kier alpha value is -1.00. The van der Waals surface area contributed by atoms with Crippen LogP contribution >= 0.6 is 0 Å². The molecule has 0 radical (unpaired) electrons. The van der Waals surface area contributed by atoms with Gasteiger partial charge in [0.15, 0.2) is 11.6 Å². The number of nitrogens with two attached hydrogens (primary N) is 1. The Morgan fingerprint density at radius 2 is 1.88 bits per heavy atom. The molecule has 1 aromatic rings. The molecule has 0 spiro atoms. The predicted octanol–water partition coefficient (Wildman–Crippen LogP) is 2.52. The Balaban J connectivity index is 2.18. The third-order valence-electron chi connectivity index (χ3n) is 3.59. The highest BCUT2D eigenvalue weighted by molar-refractivity contribution is 5.23. The van der Waals surface area contributed by atoms with Crippen molar-refractivity contribution < 1.29 is 13.9 Å². The number of hydrogen-bond donors (Lipinski definition) is 2. The van der Waals surface area contributed by atoms with E-state index in [4.69, 9.17) is 5.73 Å². The smallest absolute Gasteiger partial charge is 0.163 e. The summed E-state index contributed by atoms with van der Waals surface area (Å²) in [5, 5.41) is 10.1. The van der Waals surface area contributed by atoms with Gasteiger partial charge in [-0.3, -0.25) is 0 Å². The van der Waals surface area contributed by atoms with Crippen molar-refractivity contribution in [1.82, 2.24) is 0 Å². The van der Waals surface area contributed by atoms with Crippen LogP contribution in [0.3, 0.4) is 0 Å². The first-order chi connectivity index (χ1) is 8.11. The SMILES string of the molecule is N[C@H](c1cccc(F)c1F)[C@@H](O)C1CCCC1. The third-order valence-corrected chi connectivity index (χ3v) is 3.59. The molecule has 0 unspecified atom stereocenters. The van der Waals surface area contributed by atoms with Gasteiger partial charge in [-0.05, 0) is 24.8 Å². The molecule has 0 amide bonds. The van der Waals surface area contributed by atoms with Crippen LogP contribution in [0.4, 0.5) is 8.78 Å². The molecule has 0 aliphatic heterocycles. The van der Waals surface area contributed by atoms with Gasteiger partial charge in [0.1, 0.15) is 0 Å². The summed E-state index contributed by atoms with van der Waals surface area (Å²) in [6.45, 7) is 0. The van der Waals surface area contributed by atoms with E-state index in [0.29, 0.717) is 0 Å². The van der Waals surface area contributed by atoms with E-state index in [1.807, 2.05) is 0 Å². The zero-order valence-corrected chi connectivity index (χ0v) is 9.57. The van der Waals surface area contributed by atoms with Crippen LogP contribution in [0.15, 0.2) is 18.2 Å². The fraction of sp³-hybridized carbons (Fsp3) is 0.538. The largest absolute Gasteiger partial charge is 0.391 e. The lowest BCUT2D eigenvalue weighted by atomic mass is 9.90. The molecule has 0 aromatic heterocycles. The summed E-state index contributed by atoms with van der Waals surface area (Å²) < 4.78 is 26.6. The summed E-state index contributed by atoms with van der Waals surface area (Å²) in [6.07, 6.45) is 3.16. The molecule has 0 bridgehead atoms. The van der Waals surface area contributed by atoms with Crippen molar-refractivity contribution in [3.05, 3.63) is 35.4 Å². The molecule has 94 valence electrons. The molecular weight excluding hydrogens is 224 g/mol. The van der Waals surface area contributed by atoms with E-state index >= 15 is 0 Å². The van der Waals surface area contributed by atoms with Gasteiger partial charge in [-0.25, -0.2) is 8.78 Å². The van der Waals surface area contributed by atoms with Gasteiger partial charge >= 0.3 is 0 Å². The van der Waals surface area contributed by atoms with E-state index in [0.717, 1.165) is 31.7 Å². The van der Waals surface area contributed by atoms with Crippen LogP contribution in [0.1, 0.15) is 37.3 Å². The van der Waals surface area contributed by atoms with Crippen LogP contribution in [0.5, 0.6) is 0 Å². The molecule has 17 heavy (non-hydrogen) atoms. The fourth-order valence-electron chi connectivity index (χ4n) is 2.55. The molecule has 2 atom stereocenters. The Kier molecular flexibility index (Phi) is 3.74. The molecule has 1 aliphatic rings. The minimum Gasteiger partial charge on any atom is -0.391 e. The zero-order valence-electron chi connectivity index (χ0n) is 9.57. The molecule has 2 rings (SSSR count). The lowest BCUT2D eigenvalue weighted by molar-refractivity contribution is 0.0830. The number of aliphatic hydroxyl groups is 1. The maximum Gasteiger partial charge on any atom is 0.163 e. The van der Waals surface area contributed by atoms with E-state index in [9.17, 15) is 13.9 Å². The number of halogens is 2. The maximum absolute atomic E-state index is 13.5. The maximum atomic E-state index is 13.5. The van der Waals surface area contributed by atoms with Crippen LogP contribution in [-0.2, 0) is 0 Å². The number of aliphatic hydroxyl groups excluding tert-OH is 1. The topological polar surface area (TPSA) is 46.2 Å². The van der Waals surface area contributed by atoms with Crippen molar-refractivity contribution in [3.8, 4) is 0 Å². The van der Waals surface area contributed by atoms with E-state index in [1.54, 1.807) is 0 Å². The number of hydrogen-bond acceptors (Lipinski definition) is 2. The number of benzene rings is 1. The first-order valence-electron chi connectivity index (χ1n) is 5.99.